The van der Waals surface area contributed by atoms with Crippen LogP contribution in [0.2, 0.25) is 0 Å². The number of fused-ring (bicyclic) bond motifs is 1. The zero-order valence-corrected chi connectivity index (χ0v) is 10.2. The lowest BCUT2D eigenvalue weighted by Crippen LogP contribution is -2.13. The van der Waals surface area contributed by atoms with Crippen LogP contribution >= 0.6 is 0 Å². The number of nitrogens with one attached hydrogen (secondary N) is 2. The molecule has 0 aromatic carbocycles. The predicted octanol–water partition coefficient (Wildman–Crippen LogP) is 1.38. The second kappa shape index (κ2) is 5.00. The van der Waals surface area contributed by atoms with E-state index < -0.39 is 0 Å². The fourth-order valence-electron chi connectivity index (χ4n) is 2.78. The van der Waals surface area contributed by atoms with Crippen molar-refractivity contribution in [2.24, 2.45) is 5.92 Å². The van der Waals surface area contributed by atoms with Crippen LogP contribution < -0.4 is 10.6 Å². The van der Waals surface area contributed by atoms with Crippen molar-refractivity contribution >= 4 is 5.82 Å². The molecule has 1 aromatic heterocycles. The molecule has 2 heterocycles. The number of hydrogen-bond acceptors (Lipinski definition) is 4. The Morgan fingerprint density at radius 3 is 3.24 bits per heavy atom. The molecule has 2 N–H and O–H groups in total. The van der Waals surface area contributed by atoms with Gasteiger partial charge in [0, 0.05) is 6.54 Å². The Morgan fingerprint density at radius 1 is 1.35 bits per heavy atom. The van der Waals surface area contributed by atoms with Crippen LogP contribution in [0, 0.1) is 5.92 Å². The number of rotatable bonds is 4. The Balaban J connectivity index is 1.51. The van der Waals surface area contributed by atoms with Gasteiger partial charge in [0.15, 0.2) is 0 Å². The summed E-state index contributed by atoms with van der Waals surface area (Å²) in [5, 5.41) is 15.3. The minimum absolute atomic E-state index is 0.838. The molecule has 1 saturated heterocycles. The fraction of sp³-hybridized carbons (Fsp3) is 0.692. The highest BCUT2D eigenvalue weighted by Gasteiger charge is 2.15. The SMILES string of the molecule is c1c(NCCC2CCNC2)nnc2c1CCC2. The average molecular weight is 232 g/mol. The molecule has 1 unspecified atom stereocenters. The Morgan fingerprint density at radius 2 is 2.35 bits per heavy atom. The van der Waals surface area contributed by atoms with E-state index >= 15 is 0 Å². The molecule has 0 bridgehead atoms. The Hall–Kier alpha value is -1.16. The van der Waals surface area contributed by atoms with Gasteiger partial charge in [-0.1, -0.05) is 0 Å². The van der Waals surface area contributed by atoms with Crippen molar-refractivity contribution in [2.75, 3.05) is 25.0 Å². The first-order valence-corrected chi connectivity index (χ1v) is 6.72. The summed E-state index contributed by atoms with van der Waals surface area (Å²) >= 11 is 0. The average Bonchev–Trinajstić information content (AvgIpc) is 2.98. The quantitative estimate of drug-likeness (QED) is 0.823. The minimum atomic E-state index is 0.838. The van der Waals surface area contributed by atoms with E-state index in [4.69, 9.17) is 0 Å². The van der Waals surface area contributed by atoms with Crippen molar-refractivity contribution in [3.63, 3.8) is 0 Å². The molecule has 92 valence electrons. The third-order valence-corrected chi connectivity index (χ3v) is 3.84. The van der Waals surface area contributed by atoms with Gasteiger partial charge in [0.2, 0.25) is 0 Å². The summed E-state index contributed by atoms with van der Waals surface area (Å²) < 4.78 is 0. The summed E-state index contributed by atoms with van der Waals surface area (Å²) in [6.07, 6.45) is 6.06. The smallest absolute Gasteiger partial charge is 0.148 e. The zero-order valence-electron chi connectivity index (χ0n) is 10.2. The van der Waals surface area contributed by atoms with E-state index in [1.54, 1.807) is 0 Å². The Kier molecular flexibility index (Phi) is 3.22. The topological polar surface area (TPSA) is 49.8 Å². The van der Waals surface area contributed by atoms with Gasteiger partial charge in [-0.2, -0.15) is 5.10 Å². The Bertz CT molecular complexity index is 385. The van der Waals surface area contributed by atoms with Crippen LogP contribution in [0.4, 0.5) is 5.82 Å². The van der Waals surface area contributed by atoms with E-state index in [0.717, 1.165) is 24.7 Å². The van der Waals surface area contributed by atoms with Crippen LogP contribution in [0.5, 0.6) is 0 Å². The first kappa shape index (κ1) is 11.0. The monoisotopic (exact) mass is 232 g/mol. The molecule has 0 saturated carbocycles. The van der Waals surface area contributed by atoms with Gasteiger partial charge in [0.1, 0.15) is 5.82 Å². The maximum atomic E-state index is 4.28. The van der Waals surface area contributed by atoms with E-state index in [0.29, 0.717) is 0 Å². The molecule has 3 rings (SSSR count). The van der Waals surface area contributed by atoms with Gasteiger partial charge >= 0.3 is 0 Å². The second-order valence-corrected chi connectivity index (χ2v) is 5.13. The lowest BCUT2D eigenvalue weighted by molar-refractivity contribution is 0.548. The normalized spacial score (nSPS) is 22.7. The third-order valence-electron chi connectivity index (χ3n) is 3.84. The first-order valence-electron chi connectivity index (χ1n) is 6.72. The van der Waals surface area contributed by atoms with Crippen LogP contribution in [0.25, 0.3) is 0 Å². The van der Waals surface area contributed by atoms with Crippen molar-refractivity contribution in [1.29, 1.82) is 0 Å². The molecule has 17 heavy (non-hydrogen) atoms. The summed E-state index contributed by atoms with van der Waals surface area (Å²) in [7, 11) is 0. The summed E-state index contributed by atoms with van der Waals surface area (Å²) in [6.45, 7) is 3.38. The Labute approximate surface area is 102 Å². The maximum Gasteiger partial charge on any atom is 0.148 e. The highest BCUT2D eigenvalue weighted by atomic mass is 15.2. The number of aromatic nitrogens is 2. The molecule has 1 aliphatic carbocycles. The summed E-state index contributed by atoms with van der Waals surface area (Å²) in [5.74, 6) is 1.79. The highest BCUT2D eigenvalue weighted by molar-refractivity contribution is 5.39. The molecule has 4 nitrogen and oxygen atoms in total. The highest BCUT2D eigenvalue weighted by Crippen LogP contribution is 2.21. The van der Waals surface area contributed by atoms with Crippen molar-refractivity contribution in [2.45, 2.75) is 32.1 Å². The maximum absolute atomic E-state index is 4.28. The fourth-order valence-corrected chi connectivity index (χ4v) is 2.78. The molecule has 4 heteroatoms. The van der Waals surface area contributed by atoms with E-state index in [1.165, 1.54) is 50.0 Å². The minimum Gasteiger partial charge on any atom is -0.369 e. The molecule has 1 aromatic rings. The van der Waals surface area contributed by atoms with Gasteiger partial charge in [-0.25, -0.2) is 0 Å². The lowest BCUT2D eigenvalue weighted by Gasteiger charge is -2.10. The van der Waals surface area contributed by atoms with Gasteiger partial charge in [-0.05, 0) is 62.7 Å². The van der Waals surface area contributed by atoms with Gasteiger partial charge in [-0.3, -0.25) is 0 Å². The second-order valence-electron chi connectivity index (χ2n) is 5.13. The van der Waals surface area contributed by atoms with E-state index in [9.17, 15) is 0 Å². The summed E-state index contributed by atoms with van der Waals surface area (Å²) in [5.41, 5.74) is 2.60. The van der Waals surface area contributed by atoms with Crippen LogP contribution in [-0.4, -0.2) is 29.8 Å². The van der Waals surface area contributed by atoms with Crippen LogP contribution in [0.15, 0.2) is 6.07 Å². The molecule has 1 aliphatic heterocycles. The molecule has 0 radical (unpaired) electrons. The molecule has 0 amide bonds. The molecule has 1 fully saturated rings. The summed E-state index contributed by atoms with van der Waals surface area (Å²) in [4.78, 5) is 0. The van der Waals surface area contributed by atoms with Crippen molar-refractivity contribution in [3.8, 4) is 0 Å². The van der Waals surface area contributed by atoms with Gasteiger partial charge in [0.05, 0.1) is 5.69 Å². The van der Waals surface area contributed by atoms with Gasteiger partial charge in [-0.15, -0.1) is 5.10 Å². The zero-order chi connectivity index (χ0) is 11.5. The van der Waals surface area contributed by atoms with Crippen molar-refractivity contribution in [3.05, 3.63) is 17.3 Å². The molecular weight excluding hydrogens is 212 g/mol. The lowest BCUT2D eigenvalue weighted by atomic mass is 10.1. The number of anilines is 1. The molecular formula is C13H20N4. The number of aryl methyl sites for hydroxylation is 2. The molecule has 1 atom stereocenters. The van der Waals surface area contributed by atoms with Gasteiger partial charge in [0.25, 0.3) is 0 Å². The largest absolute Gasteiger partial charge is 0.369 e. The number of hydrogen-bond donors (Lipinski definition) is 2. The van der Waals surface area contributed by atoms with E-state index in [-0.39, 0.29) is 0 Å². The van der Waals surface area contributed by atoms with Crippen LogP contribution in [0.3, 0.4) is 0 Å². The van der Waals surface area contributed by atoms with Crippen LogP contribution in [-0.2, 0) is 12.8 Å². The van der Waals surface area contributed by atoms with Crippen molar-refractivity contribution in [1.82, 2.24) is 15.5 Å². The first-order chi connectivity index (χ1) is 8.42. The molecule has 0 spiro atoms. The van der Waals surface area contributed by atoms with E-state index in [2.05, 4.69) is 26.9 Å². The molecule has 2 aliphatic rings. The third kappa shape index (κ3) is 2.57. The van der Waals surface area contributed by atoms with Crippen LogP contribution in [0.1, 0.15) is 30.5 Å². The number of nitrogens with zero attached hydrogens (tertiary/aromatic N) is 2. The summed E-state index contributed by atoms with van der Waals surface area (Å²) in [6, 6.07) is 2.18. The van der Waals surface area contributed by atoms with Gasteiger partial charge < -0.3 is 10.6 Å². The van der Waals surface area contributed by atoms with Crippen molar-refractivity contribution < 1.29 is 0 Å². The van der Waals surface area contributed by atoms with E-state index in [1.807, 2.05) is 0 Å². The standard InChI is InChI=1S/C13H20N4/c1-2-11-8-13(17-16-12(11)3-1)15-7-5-10-4-6-14-9-10/h8,10,14H,1-7,9H2,(H,15,17). The predicted molar refractivity (Wildman–Crippen MR) is 68.1 cm³/mol.